The molecule has 3 aromatic carbocycles. The summed E-state index contributed by atoms with van der Waals surface area (Å²) in [5.41, 5.74) is 8.45. The Kier molecular flexibility index (Phi) is 9.06. The van der Waals surface area contributed by atoms with Crippen molar-refractivity contribution in [3.05, 3.63) is 101 Å². The van der Waals surface area contributed by atoms with Crippen LogP contribution in [0.2, 0.25) is 5.02 Å². The van der Waals surface area contributed by atoms with Crippen LogP contribution in [0.1, 0.15) is 31.2 Å². The van der Waals surface area contributed by atoms with Gasteiger partial charge in [0, 0.05) is 66.4 Å². The molecule has 0 bridgehead atoms. The second-order valence-corrected chi connectivity index (χ2v) is 12.7. The highest BCUT2D eigenvalue weighted by Crippen LogP contribution is 2.36. The summed E-state index contributed by atoms with van der Waals surface area (Å²) >= 11 is 6.31. The fourth-order valence-electron chi connectivity index (χ4n) is 6.96. The molecule has 45 heavy (non-hydrogen) atoms. The third kappa shape index (κ3) is 6.60. The summed E-state index contributed by atoms with van der Waals surface area (Å²) in [6, 6.07) is 20.8. The maximum Gasteiger partial charge on any atom is 0.119 e. The lowest BCUT2D eigenvalue weighted by Crippen LogP contribution is -2.47. The number of anilines is 2. The van der Waals surface area contributed by atoms with E-state index in [9.17, 15) is 0 Å². The van der Waals surface area contributed by atoms with Crippen LogP contribution in [0.4, 0.5) is 11.4 Å². The average molecular weight is 620 g/mol. The minimum atomic E-state index is 0.699. The summed E-state index contributed by atoms with van der Waals surface area (Å²) in [6.45, 7) is 8.72. The number of fused-ring (bicyclic) bond motifs is 3. The van der Waals surface area contributed by atoms with Crippen LogP contribution in [0.15, 0.2) is 90.2 Å². The van der Waals surface area contributed by atoms with E-state index in [0.29, 0.717) is 5.02 Å². The van der Waals surface area contributed by atoms with Crippen molar-refractivity contribution in [3.8, 4) is 5.75 Å². The Morgan fingerprint density at radius 2 is 1.64 bits per heavy atom. The van der Waals surface area contributed by atoms with Gasteiger partial charge in [-0.05, 0) is 98.4 Å². The van der Waals surface area contributed by atoms with Crippen molar-refractivity contribution in [1.82, 2.24) is 14.8 Å². The number of rotatable bonds is 10. The lowest BCUT2D eigenvalue weighted by molar-refractivity contribution is 0.132. The van der Waals surface area contributed by atoms with Crippen molar-refractivity contribution >= 4 is 50.9 Å². The monoisotopic (exact) mass is 619 g/mol. The molecular weight excluding hydrogens is 578 g/mol. The Morgan fingerprint density at radius 3 is 2.49 bits per heavy atom. The first-order valence-corrected chi connectivity index (χ1v) is 16.7. The van der Waals surface area contributed by atoms with Gasteiger partial charge in [0.25, 0.3) is 0 Å². The first-order valence-electron chi connectivity index (χ1n) is 16.4. The maximum atomic E-state index is 6.31. The number of piperazine rings is 1. The maximum absolute atomic E-state index is 6.31. The number of halogens is 1. The van der Waals surface area contributed by atoms with Crippen molar-refractivity contribution in [3.63, 3.8) is 0 Å². The molecule has 0 saturated carbocycles. The number of hydrogen-bond donors (Lipinski definition) is 1. The van der Waals surface area contributed by atoms with Gasteiger partial charge in [-0.25, -0.2) is 4.98 Å². The minimum Gasteiger partial charge on any atom is -0.497 e. The first-order chi connectivity index (χ1) is 22.2. The molecule has 0 atom stereocenters. The summed E-state index contributed by atoms with van der Waals surface area (Å²) in [5, 5.41) is 6.60. The predicted molar refractivity (Wildman–Crippen MR) is 190 cm³/mol. The summed E-state index contributed by atoms with van der Waals surface area (Å²) in [5.74, 6) is 0.833. The normalized spacial score (nSPS) is 17.1. The van der Waals surface area contributed by atoms with Crippen LogP contribution in [-0.2, 0) is 0 Å². The topological polar surface area (TPSA) is 43.9 Å². The highest BCUT2D eigenvalue weighted by atomic mass is 35.5. The van der Waals surface area contributed by atoms with Crippen molar-refractivity contribution in [1.29, 1.82) is 0 Å². The molecular formula is C38H42ClN5O. The molecule has 1 aromatic heterocycles. The van der Waals surface area contributed by atoms with Crippen molar-refractivity contribution < 1.29 is 4.74 Å². The van der Waals surface area contributed by atoms with Gasteiger partial charge in [-0.3, -0.25) is 0 Å². The third-order valence-corrected chi connectivity index (χ3v) is 9.62. The minimum absolute atomic E-state index is 0.699. The third-order valence-electron chi connectivity index (χ3n) is 9.38. The highest BCUT2D eigenvalue weighted by molar-refractivity contribution is 6.31. The molecule has 6 nitrogen and oxygen atoms in total. The molecule has 0 unspecified atom stereocenters. The number of benzene rings is 3. The zero-order valence-corrected chi connectivity index (χ0v) is 26.9. The van der Waals surface area contributed by atoms with Crippen LogP contribution in [0.3, 0.4) is 0 Å². The van der Waals surface area contributed by atoms with Crippen LogP contribution in [0, 0.1) is 0 Å². The Morgan fingerprint density at radius 1 is 0.822 bits per heavy atom. The van der Waals surface area contributed by atoms with Crippen LogP contribution in [0.25, 0.3) is 27.9 Å². The largest absolute Gasteiger partial charge is 0.497 e. The molecule has 3 heterocycles. The van der Waals surface area contributed by atoms with Crippen molar-refractivity contribution in [2.45, 2.75) is 25.7 Å². The second-order valence-electron chi connectivity index (χ2n) is 12.2. The van der Waals surface area contributed by atoms with E-state index in [1.165, 1.54) is 22.5 Å². The number of allylic oxidation sites excluding steroid dienone is 4. The molecule has 0 spiro atoms. The van der Waals surface area contributed by atoms with E-state index < -0.39 is 0 Å². The summed E-state index contributed by atoms with van der Waals surface area (Å²) in [4.78, 5) is 12.7. The van der Waals surface area contributed by atoms with Crippen LogP contribution < -0.4 is 15.0 Å². The second kappa shape index (κ2) is 13.7. The number of para-hydroxylation sites is 1. The highest BCUT2D eigenvalue weighted by Gasteiger charge is 2.21. The summed E-state index contributed by atoms with van der Waals surface area (Å²) < 4.78 is 5.52. The van der Waals surface area contributed by atoms with E-state index >= 15 is 0 Å². The molecule has 232 valence electrons. The number of nitrogens with one attached hydrogen (secondary N) is 1. The molecule has 1 N–H and O–H groups in total. The lowest BCUT2D eigenvalue weighted by Gasteiger charge is -2.35. The standard InChI is InChI=1S/C38H42ClN5O/c1-45-31-15-17-34-33(27-31)38(32-16-14-30(39)26-35(32)41-34)40-18-6-19-42-22-24-43(25-23-42)20-7-21-44-36-10-4-2-8-28(36)12-13-29-9-3-5-11-37(29)44/h2,4-5,8,10-17,26-27H,3,6-7,9,18-25H2,1H3,(H,40,41). The fraction of sp³-hybridized carbons (Fsp3) is 0.342. The number of pyridine rings is 1. The van der Waals surface area contributed by atoms with Crippen LogP contribution in [-0.4, -0.2) is 74.3 Å². The number of nitrogens with zero attached hydrogens (tertiary/aromatic N) is 4. The SMILES string of the molecule is COc1ccc2nc3cc(Cl)ccc3c(NCCCN3CCN(CCCN4C5=C(C=Cc6ccccc64)CCC=C5)CC3)c2c1. The van der Waals surface area contributed by atoms with Crippen molar-refractivity contribution in [2.75, 3.05) is 69.7 Å². The number of aromatic nitrogens is 1. The van der Waals surface area contributed by atoms with Gasteiger partial charge in [-0.1, -0.05) is 48.0 Å². The first kappa shape index (κ1) is 29.8. The lowest BCUT2D eigenvalue weighted by atomic mass is 10.0. The molecule has 7 rings (SSSR count). The molecule has 1 aliphatic carbocycles. The smallest absolute Gasteiger partial charge is 0.119 e. The number of methoxy groups -OCH3 is 1. The molecule has 0 amide bonds. The molecule has 1 fully saturated rings. The molecule has 7 heteroatoms. The Hall–Kier alpha value is -3.84. The van der Waals surface area contributed by atoms with Gasteiger partial charge in [0.15, 0.2) is 0 Å². The Balaban J connectivity index is 0.909. The van der Waals surface area contributed by atoms with E-state index in [1.807, 2.05) is 24.3 Å². The van der Waals surface area contributed by atoms with E-state index in [1.54, 1.807) is 7.11 Å². The predicted octanol–water partition coefficient (Wildman–Crippen LogP) is 8.00. The van der Waals surface area contributed by atoms with Crippen LogP contribution >= 0.6 is 11.6 Å². The Bertz CT molecular complexity index is 1770. The van der Waals surface area contributed by atoms with E-state index in [0.717, 1.165) is 111 Å². The quantitative estimate of drug-likeness (QED) is 0.143. The molecule has 4 aromatic rings. The van der Waals surface area contributed by atoms with E-state index in [2.05, 4.69) is 80.7 Å². The van der Waals surface area contributed by atoms with Crippen molar-refractivity contribution in [2.24, 2.45) is 0 Å². The van der Waals surface area contributed by atoms with Gasteiger partial charge in [0.05, 0.1) is 23.8 Å². The van der Waals surface area contributed by atoms with Gasteiger partial charge in [-0.2, -0.15) is 0 Å². The number of hydrogen-bond acceptors (Lipinski definition) is 6. The van der Waals surface area contributed by atoms with Gasteiger partial charge >= 0.3 is 0 Å². The van der Waals surface area contributed by atoms with E-state index in [-0.39, 0.29) is 0 Å². The molecule has 0 radical (unpaired) electrons. The summed E-state index contributed by atoms with van der Waals surface area (Å²) in [7, 11) is 1.70. The number of ether oxygens (including phenoxy) is 1. The average Bonchev–Trinajstić information content (AvgIpc) is 3.23. The zero-order chi connectivity index (χ0) is 30.6. The van der Waals surface area contributed by atoms with Crippen LogP contribution in [0.5, 0.6) is 5.75 Å². The fourth-order valence-corrected chi connectivity index (χ4v) is 7.12. The van der Waals surface area contributed by atoms with Gasteiger partial charge in [0.2, 0.25) is 0 Å². The Labute approximate surface area is 271 Å². The van der Waals surface area contributed by atoms with Gasteiger partial charge in [0.1, 0.15) is 5.75 Å². The molecule has 2 aliphatic heterocycles. The van der Waals surface area contributed by atoms with E-state index in [4.69, 9.17) is 21.3 Å². The molecule has 3 aliphatic rings. The van der Waals surface area contributed by atoms with Gasteiger partial charge < -0.3 is 24.8 Å². The zero-order valence-electron chi connectivity index (χ0n) is 26.1. The molecule has 1 saturated heterocycles. The van der Waals surface area contributed by atoms with Gasteiger partial charge in [-0.15, -0.1) is 0 Å². The summed E-state index contributed by atoms with van der Waals surface area (Å²) in [6.07, 6.45) is 13.8.